The van der Waals surface area contributed by atoms with Crippen molar-refractivity contribution in [3.05, 3.63) is 148 Å². The van der Waals surface area contributed by atoms with Crippen molar-refractivity contribution >= 4 is 58.1 Å². The Morgan fingerprint density at radius 1 is 0.909 bits per heavy atom. The fraction of sp³-hybridized carbons (Fsp3) is 0.0857. The van der Waals surface area contributed by atoms with Gasteiger partial charge in [-0.05, 0) is 59.2 Å². The lowest BCUT2D eigenvalue weighted by Gasteiger charge is -2.23. The summed E-state index contributed by atoms with van der Waals surface area (Å²) in [5, 5.41) is 9.85. The van der Waals surface area contributed by atoms with Gasteiger partial charge in [-0.2, -0.15) is 0 Å². The van der Waals surface area contributed by atoms with E-state index in [1.165, 1.54) is 17.0 Å². The number of allylic oxidation sites excluding steroid dienone is 1. The van der Waals surface area contributed by atoms with Gasteiger partial charge in [-0.25, -0.2) is 9.18 Å². The largest absolute Gasteiger partial charge is 0.489 e. The molecule has 1 atom stereocenters. The number of halogens is 1. The van der Waals surface area contributed by atoms with Crippen LogP contribution in [0.15, 0.2) is 114 Å². The van der Waals surface area contributed by atoms with E-state index in [2.05, 4.69) is 0 Å². The maximum atomic E-state index is 13.8. The molecule has 0 saturated carbocycles. The minimum absolute atomic E-state index is 0.0848. The van der Waals surface area contributed by atoms with Crippen molar-refractivity contribution in [1.29, 1.82) is 0 Å². The highest BCUT2D eigenvalue weighted by Crippen LogP contribution is 2.35. The molecule has 1 heterocycles. The summed E-state index contributed by atoms with van der Waals surface area (Å²) < 4.78 is 19.6. The second-order valence-electron chi connectivity index (χ2n) is 9.86. The fourth-order valence-corrected chi connectivity index (χ4v) is 5.85. The molecular formula is C35H26FNO5S2. The van der Waals surface area contributed by atoms with Crippen molar-refractivity contribution < 1.29 is 28.6 Å². The first-order valence-corrected chi connectivity index (χ1v) is 14.8. The van der Waals surface area contributed by atoms with E-state index in [1.54, 1.807) is 66.7 Å². The van der Waals surface area contributed by atoms with Gasteiger partial charge in [0, 0.05) is 17.5 Å². The van der Waals surface area contributed by atoms with Gasteiger partial charge in [-0.15, -0.1) is 0 Å². The van der Waals surface area contributed by atoms with Crippen LogP contribution in [-0.4, -0.2) is 38.0 Å². The Kier molecular flexibility index (Phi) is 9.79. The number of ether oxygens (including phenoxy) is 1. The topological polar surface area (TPSA) is 83.9 Å². The van der Waals surface area contributed by atoms with Crippen molar-refractivity contribution in [3.63, 3.8) is 0 Å². The highest BCUT2D eigenvalue weighted by molar-refractivity contribution is 8.26. The smallest absolute Gasteiger partial charge is 0.327 e. The number of hydrogen-bond donors (Lipinski definition) is 1. The molecule has 0 radical (unpaired) electrons. The van der Waals surface area contributed by atoms with Crippen LogP contribution < -0.4 is 4.74 Å². The Balaban J connectivity index is 1.19. The molecule has 9 heteroatoms. The summed E-state index contributed by atoms with van der Waals surface area (Å²) in [5.41, 5.74) is 3.23. The van der Waals surface area contributed by atoms with Gasteiger partial charge in [-0.1, -0.05) is 103 Å². The number of benzene rings is 4. The second kappa shape index (κ2) is 14.1. The Labute approximate surface area is 263 Å². The van der Waals surface area contributed by atoms with E-state index in [4.69, 9.17) is 17.0 Å². The van der Waals surface area contributed by atoms with Crippen LogP contribution in [0.1, 0.15) is 32.6 Å². The predicted molar refractivity (Wildman–Crippen MR) is 174 cm³/mol. The number of rotatable bonds is 11. The van der Waals surface area contributed by atoms with E-state index >= 15 is 0 Å². The van der Waals surface area contributed by atoms with Gasteiger partial charge in [-0.3, -0.25) is 14.5 Å². The number of carboxylic acid groups (broad SMARTS) is 1. The van der Waals surface area contributed by atoms with Gasteiger partial charge in [0.05, 0.1) is 4.91 Å². The minimum Gasteiger partial charge on any atom is -0.489 e. The first-order chi connectivity index (χ1) is 21.3. The number of thiocarbonyl (C=S) groups is 1. The molecule has 1 N–H and O–H groups in total. The maximum absolute atomic E-state index is 13.8. The molecule has 1 fully saturated rings. The van der Waals surface area contributed by atoms with Gasteiger partial charge < -0.3 is 9.84 Å². The number of ketones is 1. The maximum Gasteiger partial charge on any atom is 0.327 e. The third-order valence-electron chi connectivity index (χ3n) is 6.84. The van der Waals surface area contributed by atoms with Crippen molar-refractivity contribution in [2.75, 3.05) is 0 Å². The molecule has 0 bridgehead atoms. The van der Waals surface area contributed by atoms with E-state index < -0.39 is 17.9 Å². The number of carbonyl (C=O) groups excluding carboxylic acids is 2. The van der Waals surface area contributed by atoms with E-state index in [-0.39, 0.29) is 28.9 Å². The predicted octanol–water partition coefficient (Wildman–Crippen LogP) is 7.20. The molecule has 6 nitrogen and oxygen atoms in total. The van der Waals surface area contributed by atoms with Crippen LogP contribution in [0.3, 0.4) is 0 Å². The minimum atomic E-state index is -1.12. The summed E-state index contributed by atoms with van der Waals surface area (Å²) in [6.45, 7) is 0.0848. The second-order valence-corrected chi connectivity index (χ2v) is 11.5. The first kappa shape index (κ1) is 30.6. The average Bonchev–Trinajstić information content (AvgIpc) is 3.31. The van der Waals surface area contributed by atoms with Crippen LogP contribution in [0.2, 0.25) is 0 Å². The van der Waals surface area contributed by atoms with Gasteiger partial charge in [0.1, 0.15) is 28.5 Å². The number of nitrogens with zero attached hydrogens (tertiary/aromatic N) is 1. The molecule has 5 rings (SSSR count). The van der Waals surface area contributed by atoms with E-state index in [0.29, 0.717) is 21.8 Å². The third kappa shape index (κ3) is 7.55. The number of aliphatic carboxylic acids is 1. The van der Waals surface area contributed by atoms with E-state index in [9.17, 15) is 23.9 Å². The summed E-state index contributed by atoms with van der Waals surface area (Å²) in [6, 6.07) is 28.3. The molecule has 4 aromatic carbocycles. The third-order valence-corrected chi connectivity index (χ3v) is 8.17. The highest BCUT2D eigenvalue weighted by Gasteiger charge is 2.40. The monoisotopic (exact) mass is 623 g/mol. The molecule has 0 aromatic heterocycles. The number of hydrogen-bond acceptors (Lipinski definition) is 6. The summed E-state index contributed by atoms with van der Waals surface area (Å²) in [4.78, 5) is 39.4. The first-order valence-electron chi connectivity index (χ1n) is 13.6. The Morgan fingerprint density at radius 3 is 2.25 bits per heavy atom. The summed E-state index contributed by atoms with van der Waals surface area (Å²) in [5.74, 6) is -1.57. The lowest BCUT2D eigenvalue weighted by Crippen LogP contribution is -2.45. The molecular weight excluding hydrogens is 598 g/mol. The Hall–Kier alpha value is -4.86. The molecule has 0 unspecified atom stereocenters. The van der Waals surface area contributed by atoms with Crippen LogP contribution in [0.25, 0.3) is 12.2 Å². The van der Waals surface area contributed by atoms with Crippen LogP contribution in [0.5, 0.6) is 5.75 Å². The van der Waals surface area contributed by atoms with Gasteiger partial charge in [0.2, 0.25) is 0 Å². The Morgan fingerprint density at radius 2 is 1.57 bits per heavy atom. The average molecular weight is 624 g/mol. The Bertz CT molecular complexity index is 1750. The summed E-state index contributed by atoms with van der Waals surface area (Å²) >= 11 is 6.46. The number of carbonyl (C=O) groups is 3. The fourth-order valence-electron chi connectivity index (χ4n) is 4.49. The standard InChI is InChI=1S/C35H26FNO5S2/c36-29-9-5-4-8-27(29)22-42-28-17-15-26(16-18-28)31(38)19-14-23-10-12-25(13-11-23)21-32-33(39)37(35(43)44-32)30(34(40)41)20-24-6-2-1-3-7-24/h1-19,21,30H,20,22H2,(H,40,41)/b19-14+,32-21-/t30-/m0/s1. The number of thioether (sulfide) groups is 1. The number of carboxylic acids is 1. The van der Waals surface area contributed by atoms with Crippen LogP contribution in [0, 0.1) is 5.82 Å². The lowest BCUT2D eigenvalue weighted by molar-refractivity contribution is -0.145. The van der Waals surface area contributed by atoms with Gasteiger partial charge in [0.15, 0.2) is 5.78 Å². The number of amides is 1. The van der Waals surface area contributed by atoms with Gasteiger partial charge >= 0.3 is 5.97 Å². The lowest BCUT2D eigenvalue weighted by atomic mass is 10.0. The van der Waals surface area contributed by atoms with E-state index in [1.807, 2.05) is 42.5 Å². The molecule has 1 aliphatic rings. The van der Waals surface area contributed by atoms with Gasteiger partial charge in [0.25, 0.3) is 5.91 Å². The molecule has 220 valence electrons. The molecule has 1 saturated heterocycles. The van der Waals surface area contributed by atoms with Crippen LogP contribution in [-0.2, 0) is 22.6 Å². The van der Waals surface area contributed by atoms with Crippen molar-refractivity contribution in [1.82, 2.24) is 4.90 Å². The molecule has 1 aliphatic heterocycles. The van der Waals surface area contributed by atoms with Crippen LogP contribution in [0.4, 0.5) is 4.39 Å². The van der Waals surface area contributed by atoms with E-state index in [0.717, 1.165) is 28.5 Å². The van der Waals surface area contributed by atoms with Crippen molar-refractivity contribution in [3.8, 4) is 5.75 Å². The zero-order valence-electron chi connectivity index (χ0n) is 23.3. The quantitative estimate of drug-likeness (QED) is 0.108. The molecule has 44 heavy (non-hydrogen) atoms. The normalized spacial score (nSPS) is 14.8. The zero-order valence-corrected chi connectivity index (χ0v) is 24.9. The molecule has 0 aliphatic carbocycles. The van der Waals surface area contributed by atoms with Crippen molar-refractivity contribution in [2.45, 2.75) is 19.1 Å². The SMILES string of the molecule is O=C(/C=C/c1ccc(/C=C2\SC(=S)N([C@@H](Cc3ccccc3)C(=O)O)C2=O)cc1)c1ccc(OCc2ccccc2F)cc1. The van der Waals surface area contributed by atoms with Crippen molar-refractivity contribution in [2.24, 2.45) is 0 Å². The summed E-state index contributed by atoms with van der Waals surface area (Å²) in [7, 11) is 0. The molecule has 1 amide bonds. The molecule has 0 spiro atoms. The van der Waals surface area contributed by atoms with Crippen LogP contribution >= 0.6 is 24.0 Å². The zero-order chi connectivity index (χ0) is 31.1. The summed E-state index contributed by atoms with van der Waals surface area (Å²) in [6.07, 6.45) is 4.97. The highest BCUT2D eigenvalue weighted by atomic mass is 32.2. The molecule has 4 aromatic rings.